The molecule has 3 heterocycles. The minimum atomic E-state index is -0.303. The van der Waals surface area contributed by atoms with E-state index in [1.165, 1.54) is 20.3 Å². The van der Waals surface area contributed by atoms with Gasteiger partial charge >= 0.3 is 11.9 Å². The molecule has 0 atom stereocenters. The van der Waals surface area contributed by atoms with Crippen molar-refractivity contribution in [2.24, 2.45) is 4.99 Å². The molecule has 0 aliphatic carbocycles. The first kappa shape index (κ1) is 27.4. The van der Waals surface area contributed by atoms with Gasteiger partial charge in [-0.15, -0.1) is 0 Å². The number of carbonyl (C=O) groups excluding carboxylic acids is 3. The fourth-order valence-corrected chi connectivity index (χ4v) is 4.82. The number of methoxy groups -OCH3 is 2. The standard InChI is InChI=1S/C27H30IN3O5/c1-7-17-14(2)21(31-27(17)34)12-20-15(3)18(8-10-24(32)35-5)22(29-20)13-23-19(9-11-25(33)36-6)16(4)26(28)30-23/h7,12-13,29-30H,1,8-11H2,2-6H3/b20-12-,22-13-. The van der Waals surface area contributed by atoms with E-state index in [0.29, 0.717) is 24.1 Å². The average Bonchev–Trinajstić information content (AvgIpc) is 3.40. The molecule has 0 saturated heterocycles. The van der Waals surface area contributed by atoms with Crippen molar-refractivity contribution < 1.29 is 23.9 Å². The molecule has 0 unspecified atom stereocenters. The highest BCUT2D eigenvalue weighted by atomic mass is 127. The van der Waals surface area contributed by atoms with Gasteiger partial charge in [0.2, 0.25) is 0 Å². The van der Waals surface area contributed by atoms with Crippen LogP contribution >= 0.6 is 22.6 Å². The fraction of sp³-hybridized carbons (Fsp3) is 0.333. The number of rotatable bonds is 9. The Labute approximate surface area is 223 Å². The number of nitrogens with zero attached hydrogens (tertiary/aromatic N) is 1. The molecule has 0 saturated carbocycles. The van der Waals surface area contributed by atoms with Crippen LogP contribution in [0.1, 0.15) is 47.7 Å². The summed E-state index contributed by atoms with van der Waals surface area (Å²) in [6, 6.07) is 0. The second-order valence-electron chi connectivity index (χ2n) is 8.50. The Morgan fingerprint density at radius 2 is 1.56 bits per heavy atom. The van der Waals surface area contributed by atoms with Crippen molar-refractivity contribution in [3.63, 3.8) is 0 Å². The fourth-order valence-electron chi connectivity index (χ4n) is 4.21. The van der Waals surface area contributed by atoms with Crippen molar-refractivity contribution in [2.75, 3.05) is 14.2 Å². The number of hydrogen-bond donors (Lipinski definition) is 2. The van der Waals surface area contributed by atoms with Crippen LogP contribution in [-0.4, -0.2) is 47.7 Å². The van der Waals surface area contributed by atoms with Crippen molar-refractivity contribution in [2.45, 2.75) is 46.5 Å². The number of carbonyl (C=O) groups is 3. The van der Waals surface area contributed by atoms with Gasteiger partial charge in [0.15, 0.2) is 0 Å². The van der Waals surface area contributed by atoms with Crippen molar-refractivity contribution in [3.8, 4) is 0 Å². The number of esters is 2. The zero-order chi connectivity index (χ0) is 26.6. The van der Waals surface area contributed by atoms with Crippen LogP contribution in [0.25, 0.3) is 12.2 Å². The third-order valence-corrected chi connectivity index (χ3v) is 7.51. The molecule has 0 bridgehead atoms. The van der Waals surface area contributed by atoms with E-state index >= 15 is 0 Å². The van der Waals surface area contributed by atoms with Crippen LogP contribution in [0.4, 0.5) is 0 Å². The predicted octanol–water partition coefficient (Wildman–Crippen LogP) is 2.87. The maximum absolute atomic E-state index is 12.2. The average molecular weight is 603 g/mol. The topological polar surface area (TPSA) is 114 Å². The van der Waals surface area contributed by atoms with Crippen LogP contribution in [0.5, 0.6) is 0 Å². The van der Waals surface area contributed by atoms with Gasteiger partial charge in [-0.25, -0.2) is 4.99 Å². The molecule has 8 nitrogen and oxygen atoms in total. The molecule has 3 rings (SSSR count). The van der Waals surface area contributed by atoms with E-state index < -0.39 is 0 Å². The Bertz CT molecular complexity index is 1420. The minimum Gasteiger partial charge on any atom is -0.469 e. The summed E-state index contributed by atoms with van der Waals surface area (Å²) in [6.45, 7) is 9.54. The lowest BCUT2D eigenvalue weighted by Gasteiger charge is -2.03. The van der Waals surface area contributed by atoms with Crippen LogP contribution in [0.3, 0.4) is 0 Å². The molecule has 0 fully saturated rings. The molecule has 2 N–H and O–H groups in total. The van der Waals surface area contributed by atoms with Gasteiger partial charge in [-0.3, -0.25) is 14.4 Å². The highest BCUT2D eigenvalue weighted by Crippen LogP contribution is 2.23. The molecule has 0 aromatic carbocycles. The molecule has 2 aromatic rings. The zero-order valence-electron chi connectivity index (χ0n) is 21.1. The number of H-pyrrole nitrogens is 2. The quantitative estimate of drug-likeness (QED) is 0.338. The lowest BCUT2D eigenvalue weighted by atomic mass is 10.0. The van der Waals surface area contributed by atoms with Gasteiger partial charge in [-0.1, -0.05) is 12.7 Å². The summed E-state index contributed by atoms with van der Waals surface area (Å²) in [5, 5.41) is 1.63. The number of allylic oxidation sites excluding steroid dienone is 1. The van der Waals surface area contributed by atoms with Gasteiger partial charge in [0.25, 0.3) is 5.91 Å². The number of amides is 1. The molecule has 1 aliphatic heterocycles. The van der Waals surface area contributed by atoms with Crippen molar-refractivity contribution in [3.05, 3.63) is 66.1 Å². The first-order chi connectivity index (χ1) is 17.1. The second kappa shape index (κ2) is 11.7. The number of hydrogen-bond acceptors (Lipinski definition) is 5. The Kier molecular flexibility index (Phi) is 8.89. The molecule has 1 amide bonds. The summed E-state index contributed by atoms with van der Waals surface area (Å²) in [7, 11) is 2.75. The van der Waals surface area contributed by atoms with Crippen LogP contribution in [0.15, 0.2) is 28.8 Å². The molecule has 36 heavy (non-hydrogen) atoms. The molecular weight excluding hydrogens is 573 g/mol. The smallest absolute Gasteiger partial charge is 0.305 e. The molecule has 9 heteroatoms. The zero-order valence-corrected chi connectivity index (χ0v) is 23.3. The van der Waals surface area contributed by atoms with Gasteiger partial charge < -0.3 is 19.4 Å². The van der Waals surface area contributed by atoms with Gasteiger partial charge in [-0.2, -0.15) is 0 Å². The molecule has 2 aromatic heterocycles. The SMILES string of the molecule is C=CC1=C(C)C(/C=c2\[nH]/c(=C\c3[nH]c(I)c(C)c3CCC(=O)OC)c(CCC(=O)OC)c2C)=NC1=O. The van der Waals surface area contributed by atoms with E-state index in [0.717, 1.165) is 47.9 Å². The Hall–Kier alpha value is -3.21. The summed E-state index contributed by atoms with van der Waals surface area (Å²) in [5.74, 6) is -0.865. The number of nitrogens with one attached hydrogen (secondary N) is 2. The third-order valence-electron chi connectivity index (χ3n) is 6.43. The normalized spacial score (nSPS) is 14.5. The van der Waals surface area contributed by atoms with Gasteiger partial charge in [-0.05, 0) is 96.2 Å². The van der Waals surface area contributed by atoms with E-state index in [1.54, 1.807) is 0 Å². The van der Waals surface area contributed by atoms with E-state index in [-0.39, 0.29) is 30.7 Å². The molecular formula is C27H30IN3O5. The largest absolute Gasteiger partial charge is 0.469 e. The minimum absolute atomic E-state index is 0.227. The number of ether oxygens (including phenoxy) is 2. The summed E-state index contributed by atoms with van der Waals surface area (Å²) < 4.78 is 10.6. The van der Waals surface area contributed by atoms with Crippen molar-refractivity contribution in [1.29, 1.82) is 0 Å². The predicted molar refractivity (Wildman–Crippen MR) is 147 cm³/mol. The maximum Gasteiger partial charge on any atom is 0.305 e. The monoisotopic (exact) mass is 603 g/mol. The Balaban J connectivity index is 2.16. The summed E-state index contributed by atoms with van der Waals surface area (Å²) in [5.41, 5.74) is 6.74. The van der Waals surface area contributed by atoms with Crippen LogP contribution in [0.2, 0.25) is 0 Å². The maximum atomic E-state index is 12.2. The van der Waals surface area contributed by atoms with E-state index in [1.807, 2.05) is 32.9 Å². The first-order valence-corrected chi connectivity index (χ1v) is 12.6. The summed E-state index contributed by atoms with van der Waals surface area (Å²) >= 11 is 2.24. The van der Waals surface area contributed by atoms with E-state index in [9.17, 15) is 14.4 Å². The summed E-state index contributed by atoms with van der Waals surface area (Å²) in [4.78, 5) is 46.9. The van der Waals surface area contributed by atoms with Crippen LogP contribution in [-0.2, 0) is 36.7 Å². The highest BCUT2D eigenvalue weighted by Gasteiger charge is 2.20. The highest BCUT2D eigenvalue weighted by molar-refractivity contribution is 14.1. The number of aliphatic imine (C=N–C) groups is 1. The Morgan fingerprint density at radius 3 is 2.11 bits per heavy atom. The second-order valence-corrected chi connectivity index (χ2v) is 9.58. The third kappa shape index (κ3) is 5.77. The molecule has 0 spiro atoms. The van der Waals surface area contributed by atoms with Crippen molar-refractivity contribution >= 4 is 58.3 Å². The number of aromatic amines is 2. The molecule has 1 aliphatic rings. The number of halogens is 1. The van der Waals surface area contributed by atoms with Gasteiger partial charge in [0, 0.05) is 34.8 Å². The van der Waals surface area contributed by atoms with Crippen LogP contribution in [0, 0.1) is 17.5 Å². The molecule has 0 radical (unpaired) electrons. The van der Waals surface area contributed by atoms with Crippen LogP contribution < -0.4 is 10.7 Å². The molecule has 190 valence electrons. The summed E-state index contributed by atoms with van der Waals surface area (Å²) in [6.07, 6.45) is 6.88. The van der Waals surface area contributed by atoms with Gasteiger partial charge in [0.05, 0.1) is 23.6 Å². The van der Waals surface area contributed by atoms with Gasteiger partial charge in [0.1, 0.15) is 0 Å². The van der Waals surface area contributed by atoms with E-state index in [4.69, 9.17) is 9.47 Å². The Morgan fingerprint density at radius 1 is 0.944 bits per heavy atom. The lowest BCUT2D eigenvalue weighted by Crippen LogP contribution is -2.15. The van der Waals surface area contributed by atoms with E-state index in [2.05, 4.69) is 44.1 Å². The first-order valence-electron chi connectivity index (χ1n) is 11.5. The number of aromatic nitrogens is 2. The van der Waals surface area contributed by atoms with Crippen molar-refractivity contribution in [1.82, 2.24) is 9.97 Å². The lowest BCUT2D eigenvalue weighted by molar-refractivity contribution is -0.141.